The molecule has 1 unspecified atom stereocenters. The molecule has 5 aromatic rings. The number of pyridine rings is 1. The number of aryl methyl sites for hydroxylation is 1. The van der Waals surface area contributed by atoms with Crippen LogP contribution in [0.2, 0.25) is 0 Å². The van der Waals surface area contributed by atoms with E-state index < -0.39 is 11.9 Å². The first-order chi connectivity index (χ1) is 19.4. The highest BCUT2D eigenvalue weighted by molar-refractivity contribution is 7.10. The fraction of sp³-hybridized carbons (Fsp3) is 0.100. The highest BCUT2D eigenvalue weighted by atomic mass is 32.1. The van der Waals surface area contributed by atoms with Gasteiger partial charge in [-0.05, 0) is 42.5 Å². The van der Waals surface area contributed by atoms with E-state index in [1.54, 1.807) is 17.8 Å². The Labute approximate surface area is 234 Å². The molecule has 40 heavy (non-hydrogen) atoms. The van der Waals surface area contributed by atoms with Crippen molar-refractivity contribution in [3.8, 4) is 17.5 Å². The van der Waals surface area contributed by atoms with Crippen LogP contribution in [0.4, 0.5) is 11.6 Å². The number of benzene rings is 2. The summed E-state index contributed by atoms with van der Waals surface area (Å²) in [4.78, 5) is 36.0. The number of carbonyl (C=O) groups excluding carboxylic acids is 1. The van der Waals surface area contributed by atoms with Crippen LogP contribution in [0.25, 0.3) is 16.5 Å². The molecule has 3 heterocycles. The minimum atomic E-state index is -0.592. The van der Waals surface area contributed by atoms with Crippen LogP contribution in [0.5, 0.6) is 0 Å². The van der Waals surface area contributed by atoms with Gasteiger partial charge in [0.2, 0.25) is 0 Å². The van der Waals surface area contributed by atoms with Gasteiger partial charge in [-0.15, -0.1) is 11.3 Å². The van der Waals surface area contributed by atoms with Gasteiger partial charge in [0.1, 0.15) is 5.56 Å². The van der Waals surface area contributed by atoms with Crippen LogP contribution in [-0.2, 0) is 7.05 Å². The van der Waals surface area contributed by atoms with Gasteiger partial charge in [-0.25, -0.2) is 14.7 Å². The predicted octanol–water partition coefficient (Wildman–Crippen LogP) is 4.54. The second kappa shape index (κ2) is 11.2. The maximum absolute atomic E-state index is 14.1. The first-order valence-electron chi connectivity index (χ1n) is 12.3. The number of para-hydroxylation sites is 1. The molecular formula is C30H25N7O2S. The molecule has 5 rings (SSSR count). The number of amides is 1. The molecule has 0 saturated heterocycles. The maximum atomic E-state index is 14.1. The van der Waals surface area contributed by atoms with Crippen molar-refractivity contribution in [2.75, 3.05) is 5.73 Å². The van der Waals surface area contributed by atoms with Gasteiger partial charge >= 0.3 is 0 Å². The van der Waals surface area contributed by atoms with Crippen LogP contribution in [0.15, 0.2) is 88.6 Å². The van der Waals surface area contributed by atoms with Crippen molar-refractivity contribution in [2.45, 2.75) is 13.0 Å². The predicted molar refractivity (Wildman–Crippen MR) is 159 cm³/mol. The van der Waals surface area contributed by atoms with Crippen molar-refractivity contribution in [3.63, 3.8) is 0 Å². The van der Waals surface area contributed by atoms with Gasteiger partial charge in [0, 0.05) is 41.8 Å². The number of rotatable bonds is 6. The molecule has 0 spiro atoms. The Kier molecular flexibility index (Phi) is 7.39. The van der Waals surface area contributed by atoms with E-state index in [1.165, 1.54) is 28.3 Å². The minimum Gasteiger partial charge on any atom is -0.381 e. The average molecular weight is 548 g/mol. The molecule has 1 atom stereocenters. The smallest absolute Gasteiger partial charge is 0.264 e. The van der Waals surface area contributed by atoms with Crippen LogP contribution in [-0.4, -0.2) is 31.5 Å². The van der Waals surface area contributed by atoms with Gasteiger partial charge in [0.25, 0.3) is 11.5 Å². The van der Waals surface area contributed by atoms with Gasteiger partial charge in [-0.2, -0.15) is 5.10 Å². The second-order valence-corrected chi connectivity index (χ2v) is 9.71. The van der Waals surface area contributed by atoms with Gasteiger partial charge in [-0.1, -0.05) is 48.9 Å². The van der Waals surface area contributed by atoms with E-state index in [4.69, 9.17) is 5.73 Å². The number of nitrogens with one attached hydrogen (secondary N) is 1. The SMILES string of the molecule is C=C/C=N\c1c(C(=O)NC(C)c2cc3cccc(C#Cc4nccs4)c3c(=O)n2-c2ccccc2)c(N)nn1C. The van der Waals surface area contributed by atoms with Crippen LogP contribution in [0.3, 0.4) is 0 Å². The summed E-state index contributed by atoms with van der Waals surface area (Å²) in [5.41, 5.74) is 7.79. The van der Waals surface area contributed by atoms with Crippen molar-refractivity contribution in [1.29, 1.82) is 0 Å². The lowest BCUT2D eigenvalue weighted by Gasteiger charge is -2.21. The number of anilines is 1. The number of aliphatic imine (C=N–C) groups is 1. The number of fused-ring (bicyclic) bond motifs is 1. The summed E-state index contributed by atoms with van der Waals surface area (Å²) in [7, 11) is 1.65. The number of nitrogen functional groups attached to an aromatic ring is 1. The highest BCUT2D eigenvalue weighted by Crippen LogP contribution is 2.27. The van der Waals surface area contributed by atoms with E-state index in [-0.39, 0.29) is 16.9 Å². The minimum absolute atomic E-state index is 0.0471. The van der Waals surface area contributed by atoms with Crippen molar-refractivity contribution < 1.29 is 4.79 Å². The molecular weight excluding hydrogens is 522 g/mol. The highest BCUT2D eigenvalue weighted by Gasteiger charge is 2.24. The number of nitrogens with zero attached hydrogens (tertiary/aromatic N) is 5. The Morgan fingerprint density at radius 1 is 1.20 bits per heavy atom. The molecule has 9 nitrogen and oxygen atoms in total. The lowest BCUT2D eigenvalue weighted by molar-refractivity contribution is 0.0940. The van der Waals surface area contributed by atoms with Crippen LogP contribution < -0.4 is 16.6 Å². The number of nitrogens with two attached hydrogens (primary N) is 1. The number of thiazole rings is 1. The van der Waals surface area contributed by atoms with E-state index in [1.807, 2.05) is 66.9 Å². The van der Waals surface area contributed by atoms with E-state index in [9.17, 15) is 9.59 Å². The summed E-state index contributed by atoms with van der Waals surface area (Å²) in [5, 5.41) is 10.8. The normalized spacial score (nSPS) is 11.8. The quantitative estimate of drug-likeness (QED) is 0.239. The largest absolute Gasteiger partial charge is 0.381 e. The van der Waals surface area contributed by atoms with Crippen LogP contribution in [0, 0.1) is 11.8 Å². The number of hydrogen-bond acceptors (Lipinski definition) is 7. The molecule has 0 aliphatic heterocycles. The summed E-state index contributed by atoms with van der Waals surface area (Å²) in [6, 6.07) is 16.1. The molecule has 3 aromatic heterocycles. The van der Waals surface area contributed by atoms with Gasteiger partial charge in [0.15, 0.2) is 16.6 Å². The van der Waals surface area contributed by atoms with E-state index in [0.717, 1.165) is 0 Å². The summed E-state index contributed by atoms with van der Waals surface area (Å²) in [6.45, 7) is 5.43. The summed E-state index contributed by atoms with van der Waals surface area (Å²) in [6.07, 6.45) is 4.65. The number of hydrogen-bond donors (Lipinski definition) is 2. The van der Waals surface area contributed by atoms with Crippen molar-refractivity contribution in [1.82, 2.24) is 24.6 Å². The van der Waals surface area contributed by atoms with Gasteiger partial charge < -0.3 is 11.1 Å². The Morgan fingerprint density at radius 3 is 2.73 bits per heavy atom. The monoisotopic (exact) mass is 547 g/mol. The fourth-order valence-corrected chi connectivity index (χ4v) is 4.90. The van der Waals surface area contributed by atoms with Crippen molar-refractivity contribution in [3.05, 3.63) is 111 Å². The zero-order valence-electron chi connectivity index (χ0n) is 21.8. The van der Waals surface area contributed by atoms with Crippen molar-refractivity contribution in [2.24, 2.45) is 12.0 Å². The molecule has 2 aromatic carbocycles. The molecule has 3 N–H and O–H groups in total. The fourth-order valence-electron chi connectivity index (χ4n) is 4.42. The zero-order chi connectivity index (χ0) is 28.2. The van der Waals surface area contributed by atoms with Gasteiger partial charge in [-0.3, -0.25) is 14.2 Å². The third kappa shape index (κ3) is 5.06. The topological polar surface area (TPSA) is 120 Å². The lowest BCUT2D eigenvalue weighted by atomic mass is 10.0. The molecule has 1 amide bonds. The number of allylic oxidation sites excluding steroid dienone is 1. The first-order valence-corrected chi connectivity index (χ1v) is 13.2. The first kappa shape index (κ1) is 26.3. The van der Waals surface area contributed by atoms with E-state index >= 15 is 0 Å². The molecule has 0 fully saturated rings. The Morgan fingerprint density at radius 2 is 2.00 bits per heavy atom. The molecule has 0 aliphatic rings. The molecule has 0 saturated carbocycles. The summed E-state index contributed by atoms with van der Waals surface area (Å²) in [5.74, 6) is 6.03. The molecule has 0 aliphatic carbocycles. The third-order valence-corrected chi connectivity index (χ3v) is 6.88. The Hall–Kier alpha value is -5.27. The summed E-state index contributed by atoms with van der Waals surface area (Å²) >= 11 is 1.43. The Balaban J connectivity index is 1.63. The van der Waals surface area contributed by atoms with Crippen LogP contribution in [0.1, 0.15) is 39.6 Å². The van der Waals surface area contributed by atoms with Crippen LogP contribution >= 0.6 is 11.3 Å². The maximum Gasteiger partial charge on any atom is 0.264 e. The van der Waals surface area contributed by atoms with E-state index in [2.05, 4.69) is 38.8 Å². The average Bonchev–Trinajstić information content (AvgIpc) is 3.57. The molecule has 10 heteroatoms. The molecule has 198 valence electrons. The molecule has 0 bridgehead atoms. The Bertz CT molecular complexity index is 1870. The number of aromatic nitrogens is 4. The molecule has 0 radical (unpaired) electrons. The number of carbonyl (C=O) groups is 1. The zero-order valence-corrected chi connectivity index (χ0v) is 22.6. The van der Waals surface area contributed by atoms with Gasteiger partial charge in [0.05, 0.1) is 11.4 Å². The summed E-state index contributed by atoms with van der Waals surface area (Å²) < 4.78 is 3.03. The standard InChI is InChI=1S/C30H25N7O2S/c1-4-15-33-28-26(27(31)35-36(28)3)29(38)34-19(2)23-18-21-10-8-9-20(13-14-24-32-16-17-40-24)25(21)30(39)37(23)22-11-6-5-7-12-22/h4-12,15-19H,1H2,2-3H3,(H2,31,35)(H,34,38)/b33-15-. The van der Waals surface area contributed by atoms with E-state index in [0.29, 0.717) is 38.5 Å². The van der Waals surface area contributed by atoms with Crippen molar-refractivity contribution >= 4 is 45.9 Å². The third-order valence-electron chi connectivity index (χ3n) is 6.19. The lowest BCUT2D eigenvalue weighted by Crippen LogP contribution is -2.32. The second-order valence-electron chi connectivity index (χ2n) is 8.82.